The molecule has 1 aromatic rings. The first-order chi connectivity index (χ1) is 4.74. The lowest BCUT2D eigenvalue weighted by molar-refractivity contribution is 0.0937. The summed E-state index contributed by atoms with van der Waals surface area (Å²) in [6.07, 6.45) is 3.58. The van der Waals surface area contributed by atoms with Crippen molar-refractivity contribution in [1.82, 2.24) is 4.57 Å². The number of hydrogen-bond acceptors (Lipinski definition) is 1. The summed E-state index contributed by atoms with van der Waals surface area (Å²) in [7, 11) is 0. The predicted octanol–water partition coefficient (Wildman–Crippen LogP) is 2.04. The first-order valence-corrected chi connectivity index (χ1v) is 4.10. The number of nitrogens with zero attached hydrogens (tertiary/aromatic N) is 1. The van der Waals surface area contributed by atoms with Crippen molar-refractivity contribution in [3.05, 3.63) is 24.0 Å². The standard InChI is InChI=1S/C7H8BrNO/c1-6(10)9-3-2-7(4-8)5-9/h2-3,5H,4H2,1H3. The van der Waals surface area contributed by atoms with Crippen molar-refractivity contribution in [3.63, 3.8) is 0 Å². The SMILES string of the molecule is CC(=O)n1ccc(CBr)c1. The molecule has 0 aliphatic heterocycles. The highest BCUT2D eigenvalue weighted by atomic mass is 79.9. The summed E-state index contributed by atoms with van der Waals surface area (Å²) in [6, 6.07) is 1.91. The topological polar surface area (TPSA) is 22.0 Å². The maximum Gasteiger partial charge on any atom is 0.227 e. The van der Waals surface area contributed by atoms with Gasteiger partial charge in [-0.1, -0.05) is 15.9 Å². The first-order valence-electron chi connectivity index (χ1n) is 2.98. The largest absolute Gasteiger partial charge is 0.295 e. The van der Waals surface area contributed by atoms with Crippen molar-refractivity contribution in [2.45, 2.75) is 12.3 Å². The molecular weight excluding hydrogens is 194 g/mol. The van der Waals surface area contributed by atoms with Crippen molar-refractivity contribution in [3.8, 4) is 0 Å². The molecule has 54 valence electrons. The number of aromatic nitrogens is 1. The fraction of sp³-hybridized carbons (Fsp3) is 0.286. The molecule has 10 heavy (non-hydrogen) atoms. The molecule has 3 heteroatoms. The van der Waals surface area contributed by atoms with Gasteiger partial charge in [-0.15, -0.1) is 0 Å². The van der Waals surface area contributed by atoms with Crippen LogP contribution in [0.2, 0.25) is 0 Å². The number of hydrogen-bond donors (Lipinski definition) is 0. The molecule has 0 N–H and O–H groups in total. The second-order valence-corrected chi connectivity index (χ2v) is 2.64. The zero-order chi connectivity index (χ0) is 7.56. The summed E-state index contributed by atoms with van der Waals surface area (Å²) >= 11 is 3.30. The number of alkyl halides is 1. The lowest BCUT2D eigenvalue weighted by Crippen LogP contribution is -2.00. The van der Waals surface area contributed by atoms with Gasteiger partial charge in [0.1, 0.15) is 0 Å². The molecule has 0 atom stereocenters. The normalized spacial score (nSPS) is 9.80. The minimum absolute atomic E-state index is 0.0483. The third kappa shape index (κ3) is 1.48. The summed E-state index contributed by atoms with van der Waals surface area (Å²) < 4.78 is 1.57. The van der Waals surface area contributed by atoms with Crippen LogP contribution in [0.15, 0.2) is 18.5 Å². The van der Waals surface area contributed by atoms with Gasteiger partial charge in [-0.3, -0.25) is 9.36 Å². The number of carbonyl (C=O) groups excluding carboxylic acids is 1. The molecule has 1 aromatic heterocycles. The third-order valence-corrected chi connectivity index (χ3v) is 1.92. The van der Waals surface area contributed by atoms with Gasteiger partial charge >= 0.3 is 0 Å². The Morgan fingerprint density at radius 3 is 2.80 bits per heavy atom. The summed E-state index contributed by atoms with van der Waals surface area (Å²) in [5.74, 6) is 0.0483. The third-order valence-electron chi connectivity index (χ3n) is 1.27. The van der Waals surface area contributed by atoms with E-state index in [0.717, 1.165) is 10.9 Å². The van der Waals surface area contributed by atoms with E-state index in [4.69, 9.17) is 0 Å². The summed E-state index contributed by atoms with van der Waals surface area (Å²) in [5, 5.41) is 0.799. The number of carbonyl (C=O) groups is 1. The van der Waals surface area contributed by atoms with Crippen molar-refractivity contribution in [2.24, 2.45) is 0 Å². The zero-order valence-corrected chi connectivity index (χ0v) is 7.26. The summed E-state index contributed by atoms with van der Waals surface area (Å²) in [4.78, 5) is 10.7. The van der Waals surface area contributed by atoms with Crippen LogP contribution in [0.4, 0.5) is 0 Å². The van der Waals surface area contributed by atoms with E-state index in [0.29, 0.717) is 0 Å². The Labute approximate surface area is 68.0 Å². The van der Waals surface area contributed by atoms with Gasteiger partial charge < -0.3 is 0 Å². The fourth-order valence-electron chi connectivity index (χ4n) is 0.716. The highest BCUT2D eigenvalue weighted by Crippen LogP contribution is 2.05. The van der Waals surface area contributed by atoms with E-state index in [2.05, 4.69) is 15.9 Å². The predicted molar refractivity (Wildman–Crippen MR) is 43.4 cm³/mol. The van der Waals surface area contributed by atoms with E-state index in [1.807, 2.05) is 12.3 Å². The minimum Gasteiger partial charge on any atom is -0.295 e. The van der Waals surface area contributed by atoms with Crippen LogP contribution in [0.1, 0.15) is 17.3 Å². The van der Waals surface area contributed by atoms with Gasteiger partial charge in [-0.2, -0.15) is 0 Å². The Balaban J connectivity index is 2.88. The molecule has 2 nitrogen and oxygen atoms in total. The summed E-state index contributed by atoms with van der Waals surface area (Å²) in [6.45, 7) is 1.54. The molecule has 0 aromatic carbocycles. The van der Waals surface area contributed by atoms with Gasteiger partial charge in [0.25, 0.3) is 0 Å². The molecule has 1 heterocycles. The number of rotatable bonds is 1. The lowest BCUT2D eigenvalue weighted by atomic mass is 10.4. The molecule has 0 unspecified atom stereocenters. The second kappa shape index (κ2) is 3.01. The quantitative estimate of drug-likeness (QED) is 0.638. The number of halogens is 1. The smallest absolute Gasteiger partial charge is 0.227 e. The van der Waals surface area contributed by atoms with E-state index in [9.17, 15) is 4.79 Å². The molecule has 0 radical (unpaired) electrons. The molecule has 0 aliphatic carbocycles. The monoisotopic (exact) mass is 201 g/mol. The van der Waals surface area contributed by atoms with Crippen molar-refractivity contribution >= 4 is 21.8 Å². The van der Waals surface area contributed by atoms with Crippen LogP contribution in [-0.4, -0.2) is 10.5 Å². The minimum atomic E-state index is 0.0483. The second-order valence-electron chi connectivity index (χ2n) is 2.08. The Morgan fingerprint density at radius 2 is 2.50 bits per heavy atom. The average molecular weight is 202 g/mol. The van der Waals surface area contributed by atoms with Gasteiger partial charge in [-0.25, -0.2) is 0 Å². The van der Waals surface area contributed by atoms with Crippen LogP contribution < -0.4 is 0 Å². The molecular formula is C7H8BrNO. The molecule has 0 bridgehead atoms. The maximum absolute atomic E-state index is 10.7. The van der Waals surface area contributed by atoms with Gasteiger partial charge in [-0.05, 0) is 11.6 Å². The highest BCUT2D eigenvalue weighted by molar-refractivity contribution is 9.08. The molecule has 0 fully saturated rings. The fourth-order valence-corrected chi connectivity index (χ4v) is 1.05. The average Bonchev–Trinajstić information content (AvgIpc) is 2.34. The Bertz CT molecular complexity index is 242. The van der Waals surface area contributed by atoms with E-state index in [1.165, 1.54) is 6.92 Å². The van der Waals surface area contributed by atoms with E-state index in [-0.39, 0.29) is 5.91 Å². The molecule has 0 amide bonds. The molecule has 0 spiro atoms. The van der Waals surface area contributed by atoms with E-state index >= 15 is 0 Å². The zero-order valence-electron chi connectivity index (χ0n) is 5.67. The highest BCUT2D eigenvalue weighted by Gasteiger charge is 1.96. The lowest BCUT2D eigenvalue weighted by Gasteiger charge is -1.90. The van der Waals surface area contributed by atoms with Crippen LogP contribution in [0.5, 0.6) is 0 Å². The van der Waals surface area contributed by atoms with E-state index < -0.39 is 0 Å². The first kappa shape index (κ1) is 7.54. The Hall–Kier alpha value is -0.570. The molecule has 0 saturated carbocycles. The van der Waals surface area contributed by atoms with Crippen molar-refractivity contribution in [1.29, 1.82) is 0 Å². The summed E-state index contributed by atoms with van der Waals surface area (Å²) in [5.41, 5.74) is 1.12. The van der Waals surface area contributed by atoms with Gasteiger partial charge in [0.05, 0.1) is 0 Å². The Kier molecular flexibility index (Phi) is 2.27. The van der Waals surface area contributed by atoms with Crippen molar-refractivity contribution in [2.75, 3.05) is 0 Å². The molecule has 1 rings (SSSR count). The Morgan fingerprint density at radius 1 is 1.80 bits per heavy atom. The van der Waals surface area contributed by atoms with Crippen LogP contribution >= 0.6 is 15.9 Å². The van der Waals surface area contributed by atoms with Gasteiger partial charge in [0.15, 0.2) is 0 Å². The molecule has 0 aliphatic rings. The van der Waals surface area contributed by atoms with Crippen LogP contribution in [-0.2, 0) is 5.33 Å². The van der Waals surface area contributed by atoms with Gasteiger partial charge in [0, 0.05) is 24.6 Å². The van der Waals surface area contributed by atoms with Crippen LogP contribution in [0.25, 0.3) is 0 Å². The van der Waals surface area contributed by atoms with Crippen molar-refractivity contribution < 1.29 is 4.79 Å². The van der Waals surface area contributed by atoms with Crippen LogP contribution in [0.3, 0.4) is 0 Å². The van der Waals surface area contributed by atoms with E-state index in [1.54, 1.807) is 10.8 Å². The maximum atomic E-state index is 10.7. The molecule has 0 saturated heterocycles. The van der Waals surface area contributed by atoms with Gasteiger partial charge in [0.2, 0.25) is 5.91 Å². The van der Waals surface area contributed by atoms with Crippen LogP contribution in [0, 0.1) is 0 Å².